The molecule has 24 heavy (non-hydrogen) atoms. The minimum atomic E-state index is -1.09. The summed E-state index contributed by atoms with van der Waals surface area (Å²) in [5.41, 5.74) is 5.42. The lowest BCUT2D eigenvalue weighted by Crippen LogP contribution is -2.74. The SMILES string of the molecule is CC(C)(C)OC(=O)N[C@@H]1C(=O)N(OCc2ccccc2)[C@@H]1C(N)=O. The number of carbonyl (C=O) groups excluding carboxylic acids is 3. The monoisotopic (exact) mass is 335 g/mol. The summed E-state index contributed by atoms with van der Waals surface area (Å²) in [6.45, 7) is 5.18. The van der Waals surface area contributed by atoms with Gasteiger partial charge < -0.3 is 15.8 Å². The number of primary amides is 1. The average Bonchev–Trinajstić information content (AvgIpc) is 2.48. The molecule has 0 bridgehead atoms. The third kappa shape index (κ3) is 4.23. The number of benzene rings is 1. The van der Waals surface area contributed by atoms with E-state index >= 15 is 0 Å². The molecule has 8 nitrogen and oxygen atoms in total. The third-order valence-electron chi connectivity index (χ3n) is 3.23. The Morgan fingerprint density at radius 2 is 1.88 bits per heavy atom. The van der Waals surface area contributed by atoms with Crippen LogP contribution in [0.3, 0.4) is 0 Å². The van der Waals surface area contributed by atoms with E-state index in [0.717, 1.165) is 10.6 Å². The van der Waals surface area contributed by atoms with Crippen LogP contribution in [-0.4, -0.2) is 40.7 Å². The van der Waals surface area contributed by atoms with Gasteiger partial charge in [0.25, 0.3) is 5.91 Å². The van der Waals surface area contributed by atoms with Crippen molar-refractivity contribution in [2.45, 2.75) is 45.1 Å². The summed E-state index contributed by atoms with van der Waals surface area (Å²) in [6.07, 6.45) is -0.796. The van der Waals surface area contributed by atoms with Crippen molar-refractivity contribution in [1.82, 2.24) is 10.4 Å². The van der Waals surface area contributed by atoms with E-state index in [2.05, 4.69) is 5.32 Å². The minimum absolute atomic E-state index is 0.107. The molecule has 130 valence electrons. The lowest BCUT2D eigenvalue weighted by atomic mass is 9.98. The van der Waals surface area contributed by atoms with E-state index in [1.54, 1.807) is 20.8 Å². The number of hydrogen-bond acceptors (Lipinski definition) is 5. The molecule has 1 aliphatic rings. The van der Waals surface area contributed by atoms with Gasteiger partial charge in [-0.3, -0.25) is 14.4 Å². The van der Waals surface area contributed by atoms with Crippen molar-refractivity contribution in [1.29, 1.82) is 0 Å². The van der Waals surface area contributed by atoms with Crippen LogP contribution in [0.25, 0.3) is 0 Å². The highest BCUT2D eigenvalue weighted by atomic mass is 16.7. The largest absolute Gasteiger partial charge is 0.444 e. The van der Waals surface area contributed by atoms with E-state index in [1.807, 2.05) is 30.3 Å². The summed E-state index contributed by atoms with van der Waals surface area (Å²) in [6, 6.07) is 6.98. The number of nitrogens with two attached hydrogens (primary N) is 1. The molecule has 0 aliphatic carbocycles. The summed E-state index contributed by atoms with van der Waals surface area (Å²) >= 11 is 0. The van der Waals surface area contributed by atoms with Crippen molar-refractivity contribution in [3.05, 3.63) is 35.9 Å². The fourth-order valence-corrected chi connectivity index (χ4v) is 2.18. The first-order valence-electron chi connectivity index (χ1n) is 7.48. The maximum Gasteiger partial charge on any atom is 0.408 e. The molecule has 1 aromatic carbocycles. The maximum atomic E-state index is 12.1. The summed E-state index contributed by atoms with van der Waals surface area (Å²) in [5.74, 6) is -1.33. The van der Waals surface area contributed by atoms with E-state index in [-0.39, 0.29) is 6.61 Å². The van der Waals surface area contributed by atoms with Crippen molar-refractivity contribution >= 4 is 17.9 Å². The number of ether oxygens (including phenoxy) is 1. The molecule has 3 N–H and O–H groups in total. The Hall–Kier alpha value is -2.61. The lowest BCUT2D eigenvalue weighted by molar-refractivity contribution is -0.237. The normalized spacial score (nSPS) is 20.3. The quantitative estimate of drug-likeness (QED) is 0.770. The van der Waals surface area contributed by atoms with Gasteiger partial charge in [0.15, 0.2) is 6.04 Å². The van der Waals surface area contributed by atoms with Crippen LogP contribution in [0.2, 0.25) is 0 Å². The Balaban J connectivity index is 1.96. The standard InChI is InChI=1S/C16H21N3O5/c1-16(2,3)24-15(22)18-11-12(13(17)20)19(14(11)21)23-9-10-7-5-4-6-8-10/h4-8,11-12H,9H2,1-3H3,(H2,17,20)(H,18,22)/t11-,12-/m0/s1. The molecule has 0 unspecified atom stereocenters. The molecule has 0 spiro atoms. The van der Waals surface area contributed by atoms with Gasteiger partial charge in [-0.1, -0.05) is 30.3 Å². The number of rotatable bonds is 5. The van der Waals surface area contributed by atoms with Crippen LogP contribution >= 0.6 is 0 Å². The number of hydroxylamine groups is 2. The average molecular weight is 335 g/mol. The molecule has 2 rings (SSSR count). The second-order valence-corrected chi connectivity index (χ2v) is 6.39. The first-order valence-corrected chi connectivity index (χ1v) is 7.48. The number of amides is 3. The Bertz CT molecular complexity index is 626. The van der Waals surface area contributed by atoms with E-state index in [9.17, 15) is 14.4 Å². The molecule has 3 amide bonds. The maximum absolute atomic E-state index is 12.1. The summed E-state index contributed by atoms with van der Waals surface area (Å²) < 4.78 is 5.07. The molecule has 1 heterocycles. The molecular weight excluding hydrogens is 314 g/mol. The minimum Gasteiger partial charge on any atom is -0.444 e. The van der Waals surface area contributed by atoms with Crippen LogP contribution in [0.1, 0.15) is 26.3 Å². The molecule has 1 aliphatic heterocycles. The Morgan fingerprint density at radius 3 is 2.42 bits per heavy atom. The second kappa shape index (κ2) is 6.88. The highest BCUT2D eigenvalue weighted by Crippen LogP contribution is 2.22. The molecule has 0 saturated carbocycles. The predicted octanol–water partition coefficient (Wildman–Crippen LogP) is 0.708. The fourth-order valence-electron chi connectivity index (χ4n) is 2.18. The smallest absolute Gasteiger partial charge is 0.408 e. The van der Waals surface area contributed by atoms with Gasteiger partial charge in [-0.2, -0.15) is 0 Å². The fraction of sp³-hybridized carbons (Fsp3) is 0.438. The van der Waals surface area contributed by atoms with E-state index < -0.39 is 35.6 Å². The molecule has 1 aromatic rings. The van der Waals surface area contributed by atoms with Crippen LogP contribution in [0.5, 0.6) is 0 Å². The molecule has 0 aromatic heterocycles. The molecule has 8 heteroatoms. The van der Waals surface area contributed by atoms with Gasteiger partial charge >= 0.3 is 6.09 Å². The van der Waals surface area contributed by atoms with Crippen LogP contribution in [0.15, 0.2) is 30.3 Å². The molecular formula is C16H21N3O5. The Kier molecular flexibility index (Phi) is 5.08. The number of carbonyl (C=O) groups is 3. The molecule has 2 atom stereocenters. The highest BCUT2D eigenvalue weighted by molar-refractivity contribution is 6.01. The zero-order valence-corrected chi connectivity index (χ0v) is 13.8. The number of β-lactam (4-membered cyclic amide) rings is 1. The summed E-state index contributed by atoms with van der Waals surface area (Å²) in [4.78, 5) is 40.8. The van der Waals surface area contributed by atoms with E-state index in [4.69, 9.17) is 15.3 Å². The zero-order chi connectivity index (χ0) is 17.9. The van der Waals surface area contributed by atoms with Crippen molar-refractivity contribution in [2.75, 3.05) is 0 Å². The van der Waals surface area contributed by atoms with Crippen molar-refractivity contribution in [2.24, 2.45) is 5.73 Å². The van der Waals surface area contributed by atoms with Gasteiger partial charge in [-0.15, -0.1) is 0 Å². The summed E-state index contributed by atoms with van der Waals surface area (Å²) in [7, 11) is 0. The van der Waals surface area contributed by atoms with Crippen molar-refractivity contribution in [3.8, 4) is 0 Å². The first kappa shape index (κ1) is 17.7. The second-order valence-electron chi connectivity index (χ2n) is 6.39. The highest BCUT2D eigenvalue weighted by Gasteiger charge is 2.53. The van der Waals surface area contributed by atoms with Gasteiger partial charge in [-0.05, 0) is 26.3 Å². The van der Waals surface area contributed by atoms with Gasteiger partial charge in [0.1, 0.15) is 18.2 Å². The Morgan fingerprint density at radius 1 is 1.25 bits per heavy atom. The van der Waals surface area contributed by atoms with Crippen LogP contribution in [-0.2, 0) is 25.8 Å². The van der Waals surface area contributed by atoms with Crippen LogP contribution < -0.4 is 11.1 Å². The van der Waals surface area contributed by atoms with E-state index in [1.165, 1.54) is 0 Å². The summed E-state index contributed by atoms with van der Waals surface area (Å²) in [5, 5.41) is 3.24. The van der Waals surface area contributed by atoms with Crippen LogP contribution in [0.4, 0.5) is 4.79 Å². The topological polar surface area (TPSA) is 111 Å². The van der Waals surface area contributed by atoms with Crippen molar-refractivity contribution < 1.29 is 24.0 Å². The number of nitrogens with zero attached hydrogens (tertiary/aromatic N) is 1. The zero-order valence-electron chi connectivity index (χ0n) is 13.8. The molecule has 0 radical (unpaired) electrons. The van der Waals surface area contributed by atoms with Crippen LogP contribution in [0, 0.1) is 0 Å². The molecule has 1 fully saturated rings. The van der Waals surface area contributed by atoms with Gasteiger partial charge in [0.05, 0.1) is 0 Å². The molecule has 1 saturated heterocycles. The number of hydrogen-bond donors (Lipinski definition) is 2. The number of alkyl carbamates (subject to hydrolysis) is 1. The van der Waals surface area contributed by atoms with Crippen molar-refractivity contribution in [3.63, 3.8) is 0 Å². The Labute approximate surface area is 139 Å². The third-order valence-corrected chi connectivity index (χ3v) is 3.23. The van der Waals surface area contributed by atoms with E-state index in [0.29, 0.717) is 0 Å². The van der Waals surface area contributed by atoms with Gasteiger partial charge in [0.2, 0.25) is 5.91 Å². The predicted molar refractivity (Wildman–Crippen MR) is 84.2 cm³/mol. The number of nitrogens with one attached hydrogen (secondary N) is 1. The first-order chi connectivity index (χ1) is 11.2. The lowest BCUT2D eigenvalue weighted by Gasteiger charge is -2.43. The van der Waals surface area contributed by atoms with Gasteiger partial charge in [0, 0.05) is 0 Å². The van der Waals surface area contributed by atoms with Gasteiger partial charge in [-0.25, -0.2) is 9.86 Å².